The Morgan fingerprint density at radius 2 is 1.82 bits per heavy atom. The van der Waals surface area contributed by atoms with Crippen LogP contribution in [0.4, 0.5) is 5.69 Å². The van der Waals surface area contributed by atoms with Crippen molar-refractivity contribution in [3.8, 4) is 5.75 Å². The molecule has 1 atom stereocenters. The molecule has 2 aliphatic heterocycles. The molecule has 2 N–H and O–H groups in total. The predicted octanol–water partition coefficient (Wildman–Crippen LogP) is 3.29. The van der Waals surface area contributed by atoms with Crippen molar-refractivity contribution in [2.45, 2.75) is 38.9 Å². The van der Waals surface area contributed by atoms with Crippen molar-refractivity contribution in [3.63, 3.8) is 0 Å². The Balaban J connectivity index is 1.41. The summed E-state index contributed by atoms with van der Waals surface area (Å²) in [5.74, 6) is -0.0311. The first-order chi connectivity index (χ1) is 16.1. The van der Waals surface area contributed by atoms with Gasteiger partial charge in [-0.3, -0.25) is 24.6 Å². The second-order valence-corrected chi connectivity index (χ2v) is 8.26. The molecule has 1 saturated heterocycles. The van der Waals surface area contributed by atoms with Crippen molar-refractivity contribution in [1.82, 2.24) is 10.6 Å². The molecule has 0 saturated carbocycles. The molecule has 33 heavy (non-hydrogen) atoms. The van der Waals surface area contributed by atoms with Crippen LogP contribution in [-0.4, -0.2) is 30.4 Å². The summed E-state index contributed by atoms with van der Waals surface area (Å²) in [6, 6.07) is 16.9. The number of hydrogen-bond donors (Lipinski definition) is 2. The van der Waals surface area contributed by atoms with Crippen molar-refractivity contribution in [1.29, 1.82) is 0 Å². The minimum Gasteiger partial charge on any atom is -0.494 e. The van der Waals surface area contributed by atoms with E-state index in [4.69, 9.17) is 4.74 Å². The number of amides is 3. The number of piperidine rings is 1. The highest BCUT2D eigenvalue weighted by Crippen LogP contribution is 2.40. The number of nitrogens with one attached hydrogen (secondary N) is 2. The number of nitrogens with zero attached hydrogens (tertiary/aromatic N) is 1. The minimum absolute atomic E-state index is 0.194. The molecule has 3 amide bonds. The van der Waals surface area contributed by atoms with Gasteiger partial charge < -0.3 is 10.1 Å². The molecule has 0 bridgehead atoms. The summed E-state index contributed by atoms with van der Waals surface area (Å²) in [5, 5.41) is 7.69. The maximum atomic E-state index is 13.2. The molecule has 3 aromatic carbocycles. The van der Waals surface area contributed by atoms with Gasteiger partial charge in [0.25, 0.3) is 5.91 Å². The lowest BCUT2D eigenvalue weighted by atomic mass is 10.00. The molecule has 0 spiro atoms. The quantitative estimate of drug-likeness (QED) is 0.547. The first kappa shape index (κ1) is 21.2. The number of para-hydroxylation sites is 1. The highest BCUT2D eigenvalue weighted by Gasteiger charge is 2.40. The van der Waals surface area contributed by atoms with Crippen LogP contribution in [0.15, 0.2) is 54.6 Å². The van der Waals surface area contributed by atoms with Gasteiger partial charge in [0.1, 0.15) is 11.8 Å². The summed E-state index contributed by atoms with van der Waals surface area (Å²) in [6.07, 6.45) is 0.555. The third-order valence-corrected chi connectivity index (χ3v) is 6.24. The van der Waals surface area contributed by atoms with Crippen LogP contribution >= 0.6 is 0 Å². The van der Waals surface area contributed by atoms with Crippen LogP contribution in [0, 0.1) is 0 Å². The van der Waals surface area contributed by atoms with Crippen LogP contribution < -0.4 is 20.3 Å². The Morgan fingerprint density at radius 3 is 2.64 bits per heavy atom. The Morgan fingerprint density at radius 1 is 1.00 bits per heavy atom. The molecular formula is C26H25N3O4. The number of carbonyl (C=O) groups is 3. The summed E-state index contributed by atoms with van der Waals surface area (Å²) >= 11 is 0. The molecule has 0 radical (unpaired) electrons. The molecule has 1 fully saturated rings. The second-order valence-electron chi connectivity index (χ2n) is 8.26. The van der Waals surface area contributed by atoms with Crippen LogP contribution in [0.1, 0.15) is 41.3 Å². The molecule has 7 heteroatoms. The average Bonchev–Trinajstić information content (AvgIpc) is 3.09. The second kappa shape index (κ2) is 8.67. The number of carbonyl (C=O) groups excluding carboxylic acids is 3. The van der Waals surface area contributed by atoms with Crippen LogP contribution in [0.25, 0.3) is 10.8 Å². The van der Waals surface area contributed by atoms with Gasteiger partial charge in [0.05, 0.1) is 12.3 Å². The summed E-state index contributed by atoms with van der Waals surface area (Å²) in [7, 11) is 0. The number of imide groups is 1. The van der Waals surface area contributed by atoms with E-state index in [0.717, 1.165) is 33.3 Å². The minimum atomic E-state index is -0.676. The zero-order valence-corrected chi connectivity index (χ0v) is 18.4. The zero-order chi connectivity index (χ0) is 22.9. The number of benzene rings is 3. The van der Waals surface area contributed by atoms with Gasteiger partial charge in [-0.25, -0.2) is 0 Å². The third kappa shape index (κ3) is 3.74. The van der Waals surface area contributed by atoms with E-state index in [2.05, 4.69) is 10.6 Å². The average molecular weight is 444 g/mol. The fraction of sp³-hybridized carbons (Fsp3) is 0.269. The SMILES string of the molecule is CCOc1ccccc1CNCc1ccc2c3c(cccc13)N(C1CCC(=O)NC1=O)C2=O. The van der Waals surface area contributed by atoms with Gasteiger partial charge in [-0.2, -0.15) is 0 Å². The summed E-state index contributed by atoms with van der Waals surface area (Å²) < 4.78 is 5.71. The number of anilines is 1. The van der Waals surface area contributed by atoms with E-state index in [1.54, 1.807) is 4.90 Å². The molecule has 5 rings (SSSR count). The monoisotopic (exact) mass is 443 g/mol. The Kier molecular flexibility index (Phi) is 5.56. The summed E-state index contributed by atoms with van der Waals surface area (Å²) in [4.78, 5) is 38.9. The van der Waals surface area contributed by atoms with E-state index in [-0.39, 0.29) is 18.2 Å². The van der Waals surface area contributed by atoms with E-state index in [1.165, 1.54) is 0 Å². The van der Waals surface area contributed by atoms with Gasteiger partial charge in [0, 0.05) is 36.0 Å². The molecule has 168 valence electrons. The van der Waals surface area contributed by atoms with Crippen molar-refractivity contribution in [3.05, 3.63) is 71.3 Å². The molecule has 2 aliphatic rings. The fourth-order valence-corrected chi connectivity index (χ4v) is 4.74. The molecule has 7 nitrogen and oxygen atoms in total. The maximum Gasteiger partial charge on any atom is 0.259 e. The van der Waals surface area contributed by atoms with Gasteiger partial charge >= 0.3 is 0 Å². The van der Waals surface area contributed by atoms with Crippen LogP contribution in [0.5, 0.6) is 5.75 Å². The molecule has 2 heterocycles. The smallest absolute Gasteiger partial charge is 0.259 e. The first-order valence-electron chi connectivity index (χ1n) is 11.2. The lowest BCUT2D eigenvalue weighted by Gasteiger charge is -2.30. The summed E-state index contributed by atoms with van der Waals surface area (Å²) in [6.45, 7) is 3.85. The van der Waals surface area contributed by atoms with Crippen LogP contribution in [0.2, 0.25) is 0 Å². The van der Waals surface area contributed by atoms with E-state index in [0.29, 0.717) is 31.7 Å². The Labute approximate surface area is 191 Å². The standard InChI is InChI=1S/C26H25N3O4/c1-2-33-22-9-4-3-6-17(22)15-27-14-16-10-11-19-24-18(16)7-5-8-20(24)29(26(19)32)21-12-13-23(30)28-25(21)31/h3-11,21,27H,2,12-15H2,1H3,(H,28,30,31). The summed E-state index contributed by atoms with van der Waals surface area (Å²) in [5.41, 5.74) is 3.48. The van der Waals surface area contributed by atoms with Crippen molar-refractivity contribution in [2.24, 2.45) is 0 Å². The largest absolute Gasteiger partial charge is 0.494 e. The van der Waals surface area contributed by atoms with Crippen molar-refractivity contribution < 1.29 is 19.1 Å². The maximum absolute atomic E-state index is 13.2. The number of hydrogen-bond acceptors (Lipinski definition) is 5. The van der Waals surface area contributed by atoms with Crippen molar-refractivity contribution in [2.75, 3.05) is 11.5 Å². The van der Waals surface area contributed by atoms with Crippen molar-refractivity contribution >= 4 is 34.2 Å². The highest BCUT2D eigenvalue weighted by atomic mass is 16.5. The third-order valence-electron chi connectivity index (χ3n) is 6.24. The lowest BCUT2D eigenvalue weighted by molar-refractivity contribution is -0.134. The van der Waals surface area contributed by atoms with E-state index < -0.39 is 11.9 Å². The van der Waals surface area contributed by atoms with E-state index >= 15 is 0 Å². The lowest BCUT2D eigenvalue weighted by Crippen LogP contribution is -2.53. The van der Waals surface area contributed by atoms with Gasteiger partial charge in [0.15, 0.2) is 0 Å². The van der Waals surface area contributed by atoms with Gasteiger partial charge in [0.2, 0.25) is 11.8 Å². The topological polar surface area (TPSA) is 87.7 Å². The zero-order valence-electron chi connectivity index (χ0n) is 18.4. The molecule has 0 aliphatic carbocycles. The van der Waals surface area contributed by atoms with Gasteiger partial charge in [-0.05, 0) is 42.5 Å². The molecular weight excluding hydrogens is 418 g/mol. The van der Waals surface area contributed by atoms with Crippen LogP contribution in [0.3, 0.4) is 0 Å². The fourth-order valence-electron chi connectivity index (χ4n) is 4.74. The molecule has 0 aromatic heterocycles. The Bertz CT molecular complexity index is 1270. The molecule has 1 unspecified atom stereocenters. The number of ether oxygens (including phenoxy) is 1. The molecule has 3 aromatic rings. The van der Waals surface area contributed by atoms with E-state index in [1.807, 2.05) is 61.5 Å². The van der Waals surface area contributed by atoms with Gasteiger partial charge in [-0.1, -0.05) is 36.4 Å². The predicted molar refractivity (Wildman–Crippen MR) is 125 cm³/mol. The van der Waals surface area contributed by atoms with Crippen LogP contribution in [-0.2, 0) is 22.7 Å². The Hall–Kier alpha value is -3.71. The normalized spacial score (nSPS) is 17.5. The van der Waals surface area contributed by atoms with E-state index in [9.17, 15) is 14.4 Å². The highest BCUT2D eigenvalue weighted by molar-refractivity contribution is 6.27. The first-order valence-corrected chi connectivity index (χ1v) is 11.2. The van der Waals surface area contributed by atoms with Gasteiger partial charge in [-0.15, -0.1) is 0 Å². The number of rotatable bonds is 7.